The molecule has 0 aliphatic carbocycles. The lowest BCUT2D eigenvalue weighted by Crippen LogP contribution is -2.43. The van der Waals surface area contributed by atoms with Crippen molar-refractivity contribution in [3.8, 4) is 5.75 Å². The van der Waals surface area contributed by atoms with Gasteiger partial charge < -0.3 is 20.1 Å². The number of nitrogens with one attached hydrogen (secondary N) is 1. The number of aliphatic hydroxyl groups excluding tert-OH is 1. The Labute approximate surface area is 177 Å². The number of primary sulfonamides is 1. The fourth-order valence-electron chi connectivity index (χ4n) is 2.95. The molecular weight excluding hydrogens is 406 g/mol. The van der Waals surface area contributed by atoms with Gasteiger partial charge in [-0.25, -0.2) is 18.4 Å². The molecule has 0 fully saturated rings. The molecule has 0 unspecified atom stereocenters. The number of nitrogens with two attached hydrogens (primary N) is 1. The number of nitrogens with zero attached hydrogens (tertiary/aromatic N) is 1. The van der Waals surface area contributed by atoms with Crippen LogP contribution in [0.2, 0.25) is 0 Å². The first-order chi connectivity index (χ1) is 14.2. The van der Waals surface area contributed by atoms with E-state index in [0.29, 0.717) is 31.9 Å². The second-order valence-electron chi connectivity index (χ2n) is 6.94. The summed E-state index contributed by atoms with van der Waals surface area (Å²) in [5, 5.41) is 17.7. The van der Waals surface area contributed by atoms with Gasteiger partial charge in [-0.2, -0.15) is 0 Å². The predicted octanol–water partition coefficient (Wildman–Crippen LogP) is 1.87. The van der Waals surface area contributed by atoms with Crippen molar-refractivity contribution in [2.45, 2.75) is 37.8 Å². The van der Waals surface area contributed by atoms with Crippen LogP contribution < -0.4 is 15.2 Å². The number of amides is 2. The zero-order valence-corrected chi connectivity index (χ0v) is 18.1. The van der Waals surface area contributed by atoms with Gasteiger partial charge in [-0.05, 0) is 44.0 Å². The van der Waals surface area contributed by atoms with Crippen molar-refractivity contribution >= 4 is 16.1 Å². The molecule has 0 aromatic heterocycles. The largest absolute Gasteiger partial charge is 0.494 e. The summed E-state index contributed by atoms with van der Waals surface area (Å²) in [6.45, 7) is 4.88. The van der Waals surface area contributed by atoms with Gasteiger partial charge in [0.15, 0.2) is 0 Å². The minimum absolute atomic E-state index is 0.0476. The Morgan fingerprint density at radius 2 is 1.87 bits per heavy atom. The first kappa shape index (κ1) is 23.7. The van der Waals surface area contributed by atoms with Gasteiger partial charge in [-0.1, -0.05) is 30.3 Å². The van der Waals surface area contributed by atoms with E-state index in [1.807, 2.05) is 31.2 Å². The van der Waals surface area contributed by atoms with Gasteiger partial charge in [-0.3, -0.25) is 0 Å². The molecule has 9 heteroatoms. The van der Waals surface area contributed by atoms with Crippen LogP contribution in [0.25, 0.3) is 0 Å². The Morgan fingerprint density at radius 1 is 1.20 bits per heavy atom. The van der Waals surface area contributed by atoms with Gasteiger partial charge >= 0.3 is 6.03 Å². The van der Waals surface area contributed by atoms with Gasteiger partial charge in [0.2, 0.25) is 10.0 Å². The number of sulfonamides is 1. The lowest BCUT2D eigenvalue weighted by molar-refractivity contribution is 0.129. The molecule has 0 aliphatic heterocycles. The number of carbonyl (C=O) groups excluding carboxylic acids is 1. The average molecular weight is 436 g/mol. The molecule has 0 spiro atoms. The van der Waals surface area contributed by atoms with Crippen LogP contribution in [0, 0.1) is 0 Å². The number of urea groups is 1. The lowest BCUT2D eigenvalue weighted by Gasteiger charge is -2.25. The van der Waals surface area contributed by atoms with Crippen LogP contribution in [0.3, 0.4) is 0 Å². The molecule has 2 rings (SSSR count). The normalized spacial score (nSPS) is 12.3. The number of aliphatic hydroxyl groups is 1. The van der Waals surface area contributed by atoms with Crippen LogP contribution in [0.15, 0.2) is 53.4 Å². The van der Waals surface area contributed by atoms with Crippen LogP contribution in [0.4, 0.5) is 4.79 Å². The third kappa shape index (κ3) is 7.33. The summed E-state index contributed by atoms with van der Waals surface area (Å²) < 4.78 is 28.2. The van der Waals surface area contributed by atoms with Gasteiger partial charge in [-0.15, -0.1) is 0 Å². The molecular formula is C21H29N3O5S. The van der Waals surface area contributed by atoms with Gasteiger partial charge in [0.1, 0.15) is 5.75 Å². The number of ether oxygens (including phenoxy) is 1. The molecule has 30 heavy (non-hydrogen) atoms. The third-order valence-electron chi connectivity index (χ3n) is 4.35. The summed E-state index contributed by atoms with van der Waals surface area (Å²) in [6, 6.07) is 13.4. The van der Waals surface area contributed by atoms with E-state index in [-0.39, 0.29) is 17.5 Å². The van der Waals surface area contributed by atoms with E-state index in [4.69, 9.17) is 9.88 Å². The monoisotopic (exact) mass is 435 g/mol. The van der Waals surface area contributed by atoms with E-state index >= 15 is 0 Å². The Balaban J connectivity index is 1.98. The van der Waals surface area contributed by atoms with Gasteiger partial charge in [0.25, 0.3) is 0 Å². The summed E-state index contributed by atoms with van der Waals surface area (Å²) in [7, 11) is -3.72. The smallest absolute Gasteiger partial charge is 0.317 e. The Kier molecular flexibility index (Phi) is 8.64. The second kappa shape index (κ2) is 11.0. The van der Waals surface area contributed by atoms with Crippen molar-refractivity contribution in [3.05, 3.63) is 59.7 Å². The number of hydrogen-bond acceptors (Lipinski definition) is 5. The fraction of sp³-hybridized carbons (Fsp3) is 0.381. The third-order valence-corrected chi connectivity index (χ3v) is 5.28. The Hall–Kier alpha value is -2.62. The predicted molar refractivity (Wildman–Crippen MR) is 115 cm³/mol. The minimum Gasteiger partial charge on any atom is -0.494 e. The minimum atomic E-state index is -3.72. The first-order valence-electron chi connectivity index (χ1n) is 9.74. The summed E-state index contributed by atoms with van der Waals surface area (Å²) in [6.07, 6.45) is -0.157. The highest BCUT2D eigenvalue weighted by molar-refractivity contribution is 7.89. The molecule has 1 atom stereocenters. The number of hydrogen-bond donors (Lipinski definition) is 3. The maximum absolute atomic E-state index is 12.7. The zero-order chi connectivity index (χ0) is 22.1. The van der Waals surface area contributed by atoms with E-state index in [9.17, 15) is 18.3 Å². The van der Waals surface area contributed by atoms with Crippen LogP contribution in [-0.2, 0) is 23.0 Å². The Morgan fingerprint density at radius 3 is 2.47 bits per heavy atom. The lowest BCUT2D eigenvalue weighted by atomic mass is 10.1. The summed E-state index contributed by atoms with van der Waals surface area (Å²) in [4.78, 5) is 14.3. The van der Waals surface area contributed by atoms with E-state index in [1.54, 1.807) is 19.1 Å². The topological polar surface area (TPSA) is 122 Å². The van der Waals surface area contributed by atoms with Crippen molar-refractivity contribution in [2.24, 2.45) is 5.14 Å². The van der Waals surface area contributed by atoms with Crippen LogP contribution in [0.1, 0.15) is 25.0 Å². The van der Waals surface area contributed by atoms with Gasteiger partial charge in [0, 0.05) is 18.7 Å². The van der Waals surface area contributed by atoms with E-state index in [2.05, 4.69) is 5.32 Å². The first-order valence-corrected chi connectivity index (χ1v) is 11.3. The molecule has 0 saturated heterocycles. The highest BCUT2D eigenvalue weighted by Gasteiger charge is 2.17. The quantitative estimate of drug-likeness (QED) is 0.526. The van der Waals surface area contributed by atoms with Crippen molar-refractivity contribution in [1.82, 2.24) is 10.2 Å². The summed E-state index contributed by atoms with van der Waals surface area (Å²) >= 11 is 0. The van der Waals surface area contributed by atoms with Crippen molar-refractivity contribution in [2.75, 3.05) is 19.7 Å². The maximum atomic E-state index is 12.7. The fourth-order valence-corrected chi connectivity index (χ4v) is 3.46. The molecule has 0 heterocycles. The van der Waals surface area contributed by atoms with Crippen molar-refractivity contribution < 1.29 is 23.1 Å². The highest BCUT2D eigenvalue weighted by Crippen LogP contribution is 2.20. The molecule has 4 N–H and O–H groups in total. The van der Waals surface area contributed by atoms with Crippen LogP contribution in [-0.4, -0.2) is 50.3 Å². The number of rotatable bonds is 10. The molecule has 8 nitrogen and oxygen atoms in total. The zero-order valence-electron chi connectivity index (χ0n) is 17.2. The van der Waals surface area contributed by atoms with Crippen molar-refractivity contribution in [3.63, 3.8) is 0 Å². The number of benzene rings is 2. The van der Waals surface area contributed by atoms with Gasteiger partial charge in [0.05, 0.1) is 24.2 Å². The molecule has 0 radical (unpaired) electrons. The summed E-state index contributed by atoms with van der Waals surface area (Å²) in [5.74, 6) is 0.707. The Bertz CT molecular complexity index is 930. The van der Waals surface area contributed by atoms with E-state index in [0.717, 1.165) is 11.1 Å². The molecule has 2 aromatic rings. The second-order valence-corrected chi connectivity index (χ2v) is 8.50. The molecule has 0 saturated carbocycles. The highest BCUT2D eigenvalue weighted by atomic mass is 32.2. The summed E-state index contributed by atoms with van der Waals surface area (Å²) in [5.41, 5.74) is 1.72. The standard InChI is InChI=1S/C21H29N3O5S/c1-3-29-20-7-5-4-6-18(20)15-24(14-16(2)25)21(26)23-13-12-17-8-10-19(11-9-17)30(22,27)28/h4-11,16,25H,3,12-15H2,1-2H3,(H,23,26)(H2,22,27,28)/t16-/m1/s1. The molecule has 2 amide bonds. The average Bonchev–Trinajstić information content (AvgIpc) is 2.68. The SMILES string of the molecule is CCOc1ccccc1CN(C[C@@H](C)O)C(=O)NCCc1ccc(S(N)(=O)=O)cc1. The number of carbonyl (C=O) groups is 1. The molecule has 164 valence electrons. The van der Waals surface area contributed by atoms with E-state index < -0.39 is 16.1 Å². The van der Waals surface area contributed by atoms with Crippen LogP contribution >= 0.6 is 0 Å². The van der Waals surface area contributed by atoms with Crippen molar-refractivity contribution in [1.29, 1.82) is 0 Å². The van der Waals surface area contributed by atoms with E-state index in [1.165, 1.54) is 17.0 Å². The molecule has 2 aromatic carbocycles. The molecule has 0 bridgehead atoms. The maximum Gasteiger partial charge on any atom is 0.317 e. The van der Waals surface area contributed by atoms with Crippen LogP contribution in [0.5, 0.6) is 5.75 Å². The number of para-hydroxylation sites is 1. The molecule has 0 aliphatic rings.